The third kappa shape index (κ3) is 1.93. The Kier molecular flexibility index (Phi) is 3.33. The maximum absolute atomic E-state index is 6.55. The Hall–Kier alpha value is -0.120. The average molecular weight is 213 g/mol. The Balaban J connectivity index is 2.16. The number of hydrogen-bond acceptors (Lipinski definition) is 3. The maximum Gasteiger partial charge on any atom is 0.109 e. The van der Waals surface area contributed by atoms with Gasteiger partial charge in [-0.05, 0) is 32.1 Å². The van der Waals surface area contributed by atoms with Gasteiger partial charge in [0.05, 0.1) is 6.61 Å². The predicted molar refractivity (Wildman–Crippen MR) is 59.8 cm³/mol. The molecule has 2 N–H and O–H groups in total. The Morgan fingerprint density at radius 1 is 1.13 bits per heavy atom. The van der Waals surface area contributed by atoms with E-state index >= 15 is 0 Å². The topological polar surface area (TPSA) is 44.5 Å². The van der Waals surface area contributed by atoms with E-state index in [1.165, 1.54) is 25.7 Å². The number of methoxy groups -OCH3 is 1. The molecule has 1 atom stereocenters. The van der Waals surface area contributed by atoms with Crippen LogP contribution in [-0.2, 0) is 9.47 Å². The number of hydrogen-bond donors (Lipinski definition) is 1. The van der Waals surface area contributed by atoms with Gasteiger partial charge >= 0.3 is 0 Å². The van der Waals surface area contributed by atoms with Crippen LogP contribution in [0.25, 0.3) is 0 Å². The quantitative estimate of drug-likeness (QED) is 0.778. The van der Waals surface area contributed by atoms with Crippen molar-refractivity contribution in [3.8, 4) is 0 Å². The zero-order valence-corrected chi connectivity index (χ0v) is 9.76. The highest BCUT2D eigenvalue weighted by Crippen LogP contribution is 2.43. The summed E-state index contributed by atoms with van der Waals surface area (Å²) in [6.07, 6.45) is 8.13. The SMILES string of the molecule is COCC1(C2(N)CCCC2)CCCCO1. The molecule has 2 fully saturated rings. The largest absolute Gasteiger partial charge is 0.382 e. The van der Waals surface area contributed by atoms with Gasteiger partial charge in [-0.25, -0.2) is 0 Å². The predicted octanol–water partition coefficient (Wildman–Crippen LogP) is 1.84. The van der Waals surface area contributed by atoms with Crippen molar-refractivity contribution in [2.45, 2.75) is 56.1 Å². The van der Waals surface area contributed by atoms with Gasteiger partial charge in [0.15, 0.2) is 0 Å². The highest BCUT2D eigenvalue weighted by molar-refractivity contribution is 5.08. The summed E-state index contributed by atoms with van der Waals surface area (Å²) in [5, 5.41) is 0. The normalized spacial score (nSPS) is 35.6. The molecule has 1 saturated carbocycles. The van der Waals surface area contributed by atoms with Gasteiger partial charge in [0, 0.05) is 19.3 Å². The van der Waals surface area contributed by atoms with E-state index in [0.29, 0.717) is 6.61 Å². The molecular weight excluding hydrogens is 190 g/mol. The van der Waals surface area contributed by atoms with Gasteiger partial charge in [0.25, 0.3) is 0 Å². The molecule has 1 aliphatic carbocycles. The molecule has 1 saturated heterocycles. The Bertz CT molecular complexity index is 200. The van der Waals surface area contributed by atoms with Crippen LogP contribution in [0.2, 0.25) is 0 Å². The first-order valence-electron chi connectivity index (χ1n) is 6.14. The zero-order chi connectivity index (χ0) is 10.8. The Labute approximate surface area is 92.3 Å². The van der Waals surface area contributed by atoms with Gasteiger partial charge < -0.3 is 15.2 Å². The summed E-state index contributed by atoms with van der Waals surface area (Å²) >= 11 is 0. The van der Waals surface area contributed by atoms with Crippen LogP contribution in [0.15, 0.2) is 0 Å². The van der Waals surface area contributed by atoms with Gasteiger partial charge in [-0.15, -0.1) is 0 Å². The van der Waals surface area contributed by atoms with Crippen LogP contribution >= 0.6 is 0 Å². The van der Waals surface area contributed by atoms with Crippen molar-refractivity contribution in [3.05, 3.63) is 0 Å². The molecule has 88 valence electrons. The highest BCUT2D eigenvalue weighted by atomic mass is 16.5. The summed E-state index contributed by atoms with van der Waals surface area (Å²) < 4.78 is 11.4. The fourth-order valence-electron chi connectivity index (χ4n) is 3.20. The lowest BCUT2D eigenvalue weighted by molar-refractivity contribution is -0.156. The van der Waals surface area contributed by atoms with Crippen LogP contribution in [0, 0.1) is 0 Å². The van der Waals surface area contributed by atoms with E-state index in [1.807, 2.05) is 0 Å². The lowest BCUT2D eigenvalue weighted by Gasteiger charge is -2.48. The standard InChI is InChI=1S/C12H23NO2/c1-14-10-12(8-4-5-9-15-12)11(13)6-2-3-7-11/h2-10,13H2,1H3. The molecule has 3 heteroatoms. The Morgan fingerprint density at radius 2 is 1.80 bits per heavy atom. The fraction of sp³-hybridized carbons (Fsp3) is 1.00. The molecule has 15 heavy (non-hydrogen) atoms. The molecule has 1 unspecified atom stereocenters. The molecule has 3 nitrogen and oxygen atoms in total. The lowest BCUT2D eigenvalue weighted by Crippen LogP contribution is -2.63. The van der Waals surface area contributed by atoms with E-state index in [1.54, 1.807) is 7.11 Å². The van der Waals surface area contributed by atoms with Gasteiger partial charge in [-0.1, -0.05) is 12.8 Å². The molecule has 0 amide bonds. The van der Waals surface area contributed by atoms with E-state index in [9.17, 15) is 0 Å². The van der Waals surface area contributed by atoms with Crippen LogP contribution in [-0.4, -0.2) is 31.5 Å². The number of rotatable bonds is 3. The maximum atomic E-state index is 6.55. The first kappa shape index (κ1) is 11.4. The van der Waals surface area contributed by atoms with Crippen LogP contribution in [0.3, 0.4) is 0 Å². The number of nitrogens with two attached hydrogens (primary N) is 1. The minimum atomic E-state index is -0.198. The number of ether oxygens (including phenoxy) is 2. The molecule has 0 aromatic rings. The van der Waals surface area contributed by atoms with Gasteiger partial charge in [0.1, 0.15) is 5.60 Å². The summed E-state index contributed by atoms with van der Waals surface area (Å²) in [6.45, 7) is 1.51. The minimum Gasteiger partial charge on any atom is -0.382 e. The minimum absolute atomic E-state index is 0.135. The lowest BCUT2D eigenvalue weighted by atomic mass is 9.75. The summed E-state index contributed by atoms with van der Waals surface area (Å²) in [4.78, 5) is 0. The van der Waals surface area contributed by atoms with E-state index in [0.717, 1.165) is 25.9 Å². The molecule has 2 aliphatic rings. The fourth-order valence-corrected chi connectivity index (χ4v) is 3.20. The van der Waals surface area contributed by atoms with E-state index < -0.39 is 0 Å². The summed E-state index contributed by atoms with van der Waals surface area (Å²) in [6, 6.07) is 0. The first-order valence-corrected chi connectivity index (χ1v) is 6.14. The van der Waals surface area contributed by atoms with Crippen molar-refractivity contribution in [1.29, 1.82) is 0 Å². The second-order valence-electron chi connectivity index (χ2n) is 5.10. The molecular formula is C12H23NO2. The van der Waals surface area contributed by atoms with Crippen LogP contribution in [0.5, 0.6) is 0 Å². The van der Waals surface area contributed by atoms with Crippen molar-refractivity contribution in [2.75, 3.05) is 20.3 Å². The molecule has 0 radical (unpaired) electrons. The van der Waals surface area contributed by atoms with E-state index in [4.69, 9.17) is 15.2 Å². The zero-order valence-electron chi connectivity index (χ0n) is 9.76. The average Bonchev–Trinajstić information content (AvgIpc) is 2.69. The summed E-state index contributed by atoms with van der Waals surface area (Å²) in [7, 11) is 1.75. The van der Waals surface area contributed by atoms with Gasteiger partial charge in [0.2, 0.25) is 0 Å². The van der Waals surface area contributed by atoms with Crippen molar-refractivity contribution in [3.63, 3.8) is 0 Å². The molecule has 0 aromatic carbocycles. The Morgan fingerprint density at radius 3 is 2.33 bits per heavy atom. The van der Waals surface area contributed by atoms with Crippen molar-refractivity contribution < 1.29 is 9.47 Å². The third-order valence-corrected chi connectivity index (χ3v) is 4.13. The van der Waals surface area contributed by atoms with Crippen molar-refractivity contribution in [2.24, 2.45) is 5.73 Å². The van der Waals surface area contributed by atoms with Crippen LogP contribution in [0.1, 0.15) is 44.9 Å². The molecule has 0 aromatic heterocycles. The smallest absolute Gasteiger partial charge is 0.109 e. The second-order valence-corrected chi connectivity index (χ2v) is 5.10. The first-order chi connectivity index (χ1) is 7.22. The molecule has 1 heterocycles. The van der Waals surface area contributed by atoms with Crippen LogP contribution in [0.4, 0.5) is 0 Å². The van der Waals surface area contributed by atoms with Gasteiger partial charge in [-0.2, -0.15) is 0 Å². The molecule has 1 aliphatic heterocycles. The highest BCUT2D eigenvalue weighted by Gasteiger charge is 2.51. The summed E-state index contributed by atoms with van der Waals surface area (Å²) in [5.74, 6) is 0. The summed E-state index contributed by atoms with van der Waals surface area (Å²) in [5.41, 5.74) is 6.22. The second kappa shape index (κ2) is 4.40. The van der Waals surface area contributed by atoms with E-state index in [-0.39, 0.29) is 11.1 Å². The molecule has 0 bridgehead atoms. The monoisotopic (exact) mass is 213 g/mol. The molecule has 0 spiro atoms. The molecule has 2 rings (SSSR count). The van der Waals surface area contributed by atoms with Crippen molar-refractivity contribution >= 4 is 0 Å². The van der Waals surface area contributed by atoms with Crippen LogP contribution < -0.4 is 5.73 Å². The van der Waals surface area contributed by atoms with Crippen molar-refractivity contribution in [1.82, 2.24) is 0 Å². The van der Waals surface area contributed by atoms with E-state index in [2.05, 4.69) is 0 Å². The third-order valence-electron chi connectivity index (χ3n) is 4.13. The van der Waals surface area contributed by atoms with Gasteiger partial charge in [-0.3, -0.25) is 0 Å².